The summed E-state index contributed by atoms with van der Waals surface area (Å²) in [6.45, 7) is 1.42. The number of nitriles is 1. The van der Waals surface area contributed by atoms with Gasteiger partial charge in [0.15, 0.2) is 0 Å². The van der Waals surface area contributed by atoms with E-state index in [-0.39, 0.29) is 21.9 Å². The van der Waals surface area contributed by atoms with Crippen LogP contribution in [0, 0.1) is 11.3 Å². The topological polar surface area (TPSA) is 107 Å². The molecule has 0 spiro atoms. The number of halogens is 1. The van der Waals surface area contributed by atoms with E-state index in [2.05, 4.69) is 4.72 Å². The molecule has 6 nitrogen and oxygen atoms in total. The summed E-state index contributed by atoms with van der Waals surface area (Å²) in [6, 6.07) is 4.73. The molecule has 0 saturated heterocycles. The minimum Gasteiger partial charge on any atom is -0.481 e. The van der Waals surface area contributed by atoms with Crippen LogP contribution in [-0.4, -0.2) is 25.5 Å². The number of nitrogens with zero attached hydrogens (tertiary/aromatic N) is 1. The van der Waals surface area contributed by atoms with Crippen molar-refractivity contribution in [3.8, 4) is 6.07 Å². The number of benzene rings is 1. The van der Waals surface area contributed by atoms with Gasteiger partial charge in [-0.25, -0.2) is 13.1 Å². The third-order valence-corrected chi connectivity index (χ3v) is 4.07. The van der Waals surface area contributed by atoms with Crippen molar-refractivity contribution in [2.24, 2.45) is 0 Å². The van der Waals surface area contributed by atoms with Gasteiger partial charge in [0.2, 0.25) is 10.0 Å². The lowest BCUT2D eigenvalue weighted by Crippen LogP contribution is -2.34. The number of hydrogen-bond acceptors (Lipinski definition) is 4. The highest BCUT2D eigenvalue weighted by Crippen LogP contribution is 2.20. The van der Waals surface area contributed by atoms with Crippen LogP contribution in [0.5, 0.6) is 0 Å². The summed E-state index contributed by atoms with van der Waals surface area (Å²) in [6.07, 6.45) is -0.352. The molecule has 0 bridgehead atoms. The summed E-state index contributed by atoms with van der Waals surface area (Å²) < 4.78 is 26.2. The first-order chi connectivity index (χ1) is 8.76. The molecular formula is C11H11ClN2O4S. The lowest BCUT2D eigenvalue weighted by atomic mass is 10.2. The van der Waals surface area contributed by atoms with Gasteiger partial charge in [0.25, 0.3) is 0 Å². The van der Waals surface area contributed by atoms with Crippen molar-refractivity contribution in [3.05, 3.63) is 28.8 Å². The Morgan fingerprint density at radius 1 is 1.58 bits per heavy atom. The first kappa shape index (κ1) is 15.4. The van der Waals surface area contributed by atoms with E-state index in [1.807, 2.05) is 0 Å². The molecular weight excluding hydrogens is 292 g/mol. The zero-order valence-electron chi connectivity index (χ0n) is 9.92. The molecule has 19 heavy (non-hydrogen) atoms. The average molecular weight is 303 g/mol. The predicted octanol–water partition coefficient (Wildman–Crippen LogP) is 1.35. The Morgan fingerprint density at radius 2 is 2.21 bits per heavy atom. The molecule has 0 amide bonds. The molecule has 0 heterocycles. The molecule has 0 aliphatic rings. The fraction of sp³-hybridized carbons (Fsp3) is 0.273. The second kappa shape index (κ2) is 6.02. The lowest BCUT2D eigenvalue weighted by Gasteiger charge is -2.13. The third kappa shape index (κ3) is 4.21. The highest BCUT2D eigenvalue weighted by molar-refractivity contribution is 7.89. The highest BCUT2D eigenvalue weighted by atomic mass is 35.5. The number of nitrogens with one attached hydrogen (secondary N) is 1. The van der Waals surface area contributed by atoms with Gasteiger partial charge in [0.1, 0.15) is 6.07 Å². The minimum atomic E-state index is -3.96. The van der Waals surface area contributed by atoms with Crippen molar-refractivity contribution in [2.45, 2.75) is 24.3 Å². The Labute approximate surface area is 115 Å². The zero-order valence-corrected chi connectivity index (χ0v) is 11.5. The number of carboxylic acids is 1. The Balaban J connectivity index is 3.08. The van der Waals surface area contributed by atoms with E-state index in [1.54, 1.807) is 6.07 Å². The van der Waals surface area contributed by atoms with E-state index in [0.29, 0.717) is 0 Å². The standard InChI is InChI=1S/C11H11ClN2O4S/c1-7(4-11(15)16)14-19(17,18)10-3-2-9(12)5-8(10)6-13/h2-3,5,7,14H,4H2,1H3,(H,15,16). The van der Waals surface area contributed by atoms with Crippen LogP contribution in [0.1, 0.15) is 18.9 Å². The zero-order chi connectivity index (χ0) is 14.6. The average Bonchev–Trinajstić information content (AvgIpc) is 2.26. The maximum atomic E-state index is 12.0. The van der Waals surface area contributed by atoms with Crippen molar-refractivity contribution in [3.63, 3.8) is 0 Å². The number of carbonyl (C=O) groups is 1. The maximum absolute atomic E-state index is 12.0. The Morgan fingerprint density at radius 3 is 2.74 bits per heavy atom. The summed E-state index contributed by atoms with van der Waals surface area (Å²) in [4.78, 5) is 10.3. The molecule has 0 radical (unpaired) electrons. The van der Waals surface area contributed by atoms with Crippen LogP contribution >= 0.6 is 11.6 Å². The highest BCUT2D eigenvalue weighted by Gasteiger charge is 2.22. The Bertz CT molecular complexity index is 637. The molecule has 1 aromatic rings. The fourth-order valence-electron chi connectivity index (χ4n) is 1.46. The molecule has 2 N–H and O–H groups in total. The van der Waals surface area contributed by atoms with E-state index in [0.717, 1.165) is 0 Å². The quantitative estimate of drug-likeness (QED) is 0.853. The van der Waals surface area contributed by atoms with Crippen LogP contribution < -0.4 is 4.72 Å². The molecule has 1 rings (SSSR count). The van der Waals surface area contributed by atoms with Crippen LogP contribution in [0.4, 0.5) is 0 Å². The minimum absolute atomic E-state index is 0.0949. The summed E-state index contributed by atoms with van der Waals surface area (Å²) in [5, 5.41) is 17.7. The third-order valence-electron chi connectivity index (χ3n) is 2.19. The molecule has 0 fully saturated rings. The number of aliphatic carboxylic acids is 1. The van der Waals surface area contributed by atoms with Gasteiger partial charge in [-0.1, -0.05) is 11.6 Å². The molecule has 0 aliphatic heterocycles. The monoisotopic (exact) mass is 302 g/mol. The largest absolute Gasteiger partial charge is 0.481 e. The SMILES string of the molecule is CC(CC(=O)O)NS(=O)(=O)c1ccc(Cl)cc1C#N. The number of rotatable bonds is 5. The van der Waals surface area contributed by atoms with Crippen LogP contribution in [0.2, 0.25) is 5.02 Å². The summed E-state index contributed by atoms with van der Waals surface area (Å²) in [5.41, 5.74) is -0.0949. The lowest BCUT2D eigenvalue weighted by molar-refractivity contribution is -0.137. The number of sulfonamides is 1. The molecule has 1 atom stereocenters. The van der Waals surface area contributed by atoms with E-state index in [1.165, 1.54) is 25.1 Å². The molecule has 8 heteroatoms. The van der Waals surface area contributed by atoms with Crippen molar-refractivity contribution < 1.29 is 18.3 Å². The molecule has 1 unspecified atom stereocenters. The van der Waals surface area contributed by atoms with E-state index >= 15 is 0 Å². The van der Waals surface area contributed by atoms with Gasteiger partial charge in [0.05, 0.1) is 16.9 Å². The Kier molecular flexibility index (Phi) is 4.89. The van der Waals surface area contributed by atoms with Crippen LogP contribution in [0.15, 0.2) is 23.1 Å². The normalized spacial score (nSPS) is 12.7. The molecule has 0 saturated carbocycles. The van der Waals surface area contributed by atoms with E-state index < -0.39 is 22.0 Å². The van der Waals surface area contributed by atoms with Gasteiger partial charge in [-0.3, -0.25) is 4.79 Å². The van der Waals surface area contributed by atoms with Crippen molar-refractivity contribution in [1.82, 2.24) is 4.72 Å². The van der Waals surface area contributed by atoms with Crippen molar-refractivity contribution in [1.29, 1.82) is 5.26 Å². The van der Waals surface area contributed by atoms with Crippen molar-refractivity contribution in [2.75, 3.05) is 0 Å². The summed E-state index contributed by atoms with van der Waals surface area (Å²) in [7, 11) is -3.96. The predicted molar refractivity (Wildman–Crippen MR) is 68.2 cm³/mol. The van der Waals surface area contributed by atoms with Crippen LogP contribution in [0.25, 0.3) is 0 Å². The molecule has 0 aromatic heterocycles. The Hall–Kier alpha value is -1.62. The first-order valence-electron chi connectivity index (χ1n) is 5.20. The van der Waals surface area contributed by atoms with E-state index in [9.17, 15) is 13.2 Å². The summed E-state index contributed by atoms with van der Waals surface area (Å²) >= 11 is 5.68. The van der Waals surface area contributed by atoms with Gasteiger partial charge in [0, 0.05) is 11.1 Å². The number of carboxylic acid groups (broad SMARTS) is 1. The van der Waals surface area contributed by atoms with Gasteiger partial charge in [-0.2, -0.15) is 5.26 Å². The second-order valence-electron chi connectivity index (χ2n) is 3.87. The van der Waals surface area contributed by atoms with Crippen molar-refractivity contribution >= 4 is 27.6 Å². The number of hydrogen-bond donors (Lipinski definition) is 2. The second-order valence-corrected chi connectivity index (χ2v) is 5.99. The van der Waals surface area contributed by atoms with Gasteiger partial charge in [-0.15, -0.1) is 0 Å². The molecule has 0 aliphatic carbocycles. The summed E-state index contributed by atoms with van der Waals surface area (Å²) in [5.74, 6) is -1.12. The van der Waals surface area contributed by atoms with Gasteiger partial charge < -0.3 is 5.11 Å². The van der Waals surface area contributed by atoms with Gasteiger partial charge in [-0.05, 0) is 25.1 Å². The van der Waals surface area contributed by atoms with Gasteiger partial charge >= 0.3 is 5.97 Å². The maximum Gasteiger partial charge on any atom is 0.304 e. The van der Waals surface area contributed by atoms with Crippen LogP contribution in [0.3, 0.4) is 0 Å². The molecule has 1 aromatic carbocycles. The fourth-order valence-corrected chi connectivity index (χ4v) is 3.01. The first-order valence-corrected chi connectivity index (χ1v) is 7.06. The van der Waals surface area contributed by atoms with E-state index in [4.69, 9.17) is 22.0 Å². The molecule has 102 valence electrons. The smallest absolute Gasteiger partial charge is 0.304 e. The van der Waals surface area contributed by atoms with Crippen LogP contribution in [-0.2, 0) is 14.8 Å².